The van der Waals surface area contributed by atoms with E-state index in [4.69, 9.17) is 0 Å². The molecule has 5 heavy (non-hydrogen) atoms. The smallest absolute Gasteiger partial charge is 0 e. The summed E-state index contributed by atoms with van der Waals surface area (Å²) in [6, 6.07) is 0. The molecule has 0 saturated carbocycles. The summed E-state index contributed by atoms with van der Waals surface area (Å²) in [4.78, 5) is 0. The molecule has 0 unspecified atom stereocenters. The van der Waals surface area contributed by atoms with Gasteiger partial charge in [-0.2, -0.15) is 0 Å². The summed E-state index contributed by atoms with van der Waals surface area (Å²) in [7, 11) is 0. The molecule has 0 aliphatic rings. The zero-order valence-electron chi connectivity index (χ0n) is 2.58. The van der Waals surface area contributed by atoms with Gasteiger partial charge in [-0.1, -0.05) is 0 Å². The Kier molecular flexibility index (Phi) is 1220. The molecule has 0 fully saturated rings. The van der Waals surface area contributed by atoms with E-state index in [-0.39, 0.29) is 60.0 Å². The normalized spacial score (nSPS) is 0. The van der Waals surface area contributed by atoms with E-state index in [0.717, 1.165) is 0 Å². The molecule has 0 aromatic heterocycles. The first-order valence-electron chi connectivity index (χ1n) is 0. The molecule has 0 rings (SSSR count). The van der Waals surface area contributed by atoms with Crippen LogP contribution in [-0.2, 0) is 26.2 Å². The van der Waals surface area contributed by atoms with Gasteiger partial charge in [0.2, 0.25) is 0 Å². The summed E-state index contributed by atoms with van der Waals surface area (Å²) >= 11 is 0. The Morgan fingerprint density at radius 2 is 0.600 bits per heavy atom. The van der Waals surface area contributed by atoms with Crippen molar-refractivity contribution in [2.45, 2.75) is 0 Å². The maximum atomic E-state index is 0. The van der Waals surface area contributed by atoms with Gasteiger partial charge in [-0.15, -0.1) is 0 Å². The van der Waals surface area contributed by atoms with Gasteiger partial charge in [0.25, 0.3) is 0 Å². The topological polar surface area (TPSA) is 94.5 Å². The maximum Gasteiger partial charge on any atom is 0 e. The van der Waals surface area contributed by atoms with Crippen LogP contribution < -0.4 is 0 Å². The van der Waals surface area contributed by atoms with Crippen molar-refractivity contribution in [3.8, 4) is 0 Å². The predicted molar refractivity (Wildman–Crippen MR) is 16.6 cm³/mol. The van der Waals surface area contributed by atoms with Crippen LogP contribution in [-0.4, -0.2) is 33.8 Å². The van der Waals surface area contributed by atoms with Crippen molar-refractivity contribution in [1.82, 2.24) is 0 Å². The molecule has 6 N–H and O–H groups in total. The molecule has 0 amide bonds. The third-order valence-corrected chi connectivity index (χ3v) is 0. The van der Waals surface area contributed by atoms with Gasteiger partial charge in [0.05, 0.1) is 0 Å². The molecule has 5 heteroatoms. The molecule has 0 aliphatic carbocycles. The van der Waals surface area contributed by atoms with Crippen LogP contribution >= 0.6 is 0 Å². The van der Waals surface area contributed by atoms with Crippen LogP contribution in [0.4, 0.5) is 0 Å². The van der Waals surface area contributed by atoms with Crippen LogP contribution in [0, 0.1) is 0 Å². The first-order valence-corrected chi connectivity index (χ1v) is 0. The van der Waals surface area contributed by atoms with Gasteiger partial charge in [-0.05, 0) is 0 Å². The van der Waals surface area contributed by atoms with E-state index in [9.17, 15) is 0 Å². The summed E-state index contributed by atoms with van der Waals surface area (Å²) in [5.74, 6) is 0. The van der Waals surface area contributed by atoms with Gasteiger partial charge < -0.3 is 16.4 Å². The van der Waals surface area contributed by atoms with Crippen LogP contribution in [0.3, 0.4) is 0 Å². The van der Waals surface area contributed by atoms with Crippen molar-refractivity contribution in [1.29, 1.82) is 0 Å². The maximum absolute atomic E-state index is 0. The Morgan fingerprint density at radius 1 is 0.600 bits per heavy atom. The van der Waals surface area contributed by atoms with Crippen molar-refractivity contribution in [2.75, 3.05) is 0 Å². The van der Waals surface area contributed by atoms with Crippen molar-refractivity contribution in [3.05, 3.63) is 0 Å². The minimum atomic E-state index is 0. The first-order chi connectivity index (χ1) is 0. The number of rotatable bonds is 0. The first kappa shape index (κ1) is 105. The Bertz CT molecular complexity index is 6.85. The molecule has 0 aromatic rings. The van der Waals surface area contributed by atoms with E-state index in [1.165, 1.54) is 0 Å². The van der Waals surface area contributed by atoms with E-state index in [0.29, 0.717) is 0 Å². The molecule has 0 heterocycles. The minimum absolute atomic E-state index is 0. The van der Waals surface area contributed by atoms with Gasteiger partial charge >= 0.3 is 0 Å². The van der Waals surface area contributed by atoms with E-state index in [1.54, 1.807) is 0 Å². The Morgan fingerprint density at radius 3 is 0.600 bits per heavy atom. The van der Waals surface area contributed by atoms with Gasteiger partial charge in [0, 0.05) is 43.6 Å². The predicted octanol–water partition coefficient (Wildman–Crippen LogP) is -2.86. The monoisotopic (exact) mass is 171 g/mol. The quantitative estimate of drug-likeness (QED) is 0.351. The molecule has 0 aliphatic heterocycles. The zero-order chi connectivity index (χ0) is 0. The molecule has 0 bridgehead atoms. The third-order valence-electron chi connectivity index (χ3n) is 0. The second-order valence-corrected chi connectivity index (χ2v) is 0. The van der Waals surface area contributed by atoms with Crippen molar-refractivity contribution in [2.24, 2.45) is 0 Å². The summed E-state index contributed by atoms with van der Waals surface area (Å²) in [5, 5.41) is 0. The summed E-state index contributed by atoms with van der Waals surface area (Å²) in [6.07, 6.45) is 0. The standard InChI is InChI=1S/Al.3H2O.Zr/h;3*1H2;. The Hall–Kier alpha value is 1.30. The van der Waals surface area contributed by atoms with E-state index < -0.39 is 0 Å². The fraction of sp³-hybridized carbons (Fsp3) is 0. The van der Waals surface area contributed by atoms with Crippen LogP contribution in [0.15, 0.2) is 0 Å². The van der Waals surface area contributed by atoms with E-state index in [2.05, 4.69) is 0 Å². The van der Waals surface area contributed by atoms with Crippen LogP contribution in [0.5, 0.6) is 0 Å². The van der Waals surface area contributed by atoms with Crippen molar-refractivity contribution < 1.29 is 42.6 Å². The molecular weight excluding hydrogens is 166 g/mol. The molecule has 0 atom stereocenters. The molecule has 3 nitrogen and oxygen atoms in total. The molecular formula is H6AlO3Zr. The van der Waals surface area contributed by atoms with Gasteiger partial charge in [-0.3, -0.25) is 0 Å². The third kappa shape index (κ3) is 34.3. The Labute approximate surface area is 59.9 Å². The van der Waals surface area contributed by atoms with Crippen LogP contribution in [0.25, 0.3) is 0 Å². The SMILES string of the molecule is O.O.O.[Al].[Zr]. The van der Waals surface area contributed by atoms with Crippen molar-refractivity contribution in [3.63, 3.8) is 0 Å². The molecule has 3 radical (unpaired) electrons. The fourth-order valence-electron chi connectivity index (χ4n) is 0. The van der Waals surface area contributed by atoms with Gasteiger partial charge in [0.1, 0.15) is 0 Å². The summed E-state index contributed by atoms with van der Waals surface area (Å²) in [6.45, 7) is 0. The number of hydrogen-bond acceptors (Lipinski definition) is 0. The second kappa shape index (κ2) is 58.2. The average molecular weight is 172 g/mol. The minimum Gasteiger partial charge on any atom is -0.412 e. The molecule has 0 spiro atoms. The molecule has 0 aromatic carbocycles. The van der Waals surface area contributed by atoms with Gasteiger partial charge in [-0.25, -0.2) is 0 Å². The van der Waals surface area contributed by atoms with Gasteiger partial charge in [0.15, 0.2) is 0 Å². The number of hydrogen-bond donors (Lipinski definition) is 0. The summed E-state index contributed by atoms with van der Waals surface area (Å²) < 4.78 is 0. The summed E-state index contributed by atoms with van der Waals surface area (Å²) in [5.41, 5.74) is 0. The largest absolute Gasteiger partial charge is 0.412 e. The molecule has 0 saturated heterocycles. The van der Waals surface area contributed by atoms with Crippen LogP contribution in [0.1, 0.15) is 0 Å². The Balaban J connectivity index is 0. The zero-order valence-corrected chi connectivity index (χ0v) is 6.19. The average Bonchev–Trinajstić information content (AvgIpc) is 0. The fourth-order valence-corrected chi connectivity index (χ4v) is 0. The second-order valence-electron chi connectivity index (χ2n) is 0. The van der Waals surface area contributed by atoms with Crippen LogP contribution in [0.2, 0.25) is 0 Å². The van der Waals surface area contributed by atoms with E-state index in [1.807, 2.05) is 0 Å². The van der Waals surface area contributed by atoms with E-state index >= 15 is 0 Å². The molecule has 31 valence electrons. The van der Waals surface area contributed by atoms with Crippen molar-refractivity contribution >= 4 is 17.4 Å².